The number of rotatable bonds is 1. The lowest BCUT2D eigenvalue weighted by molar-refractivity contribution is 1.10. The third kappa shape index (κ3) is 2.25. The van der Waals surface area contributed by atoms with Crippen LogP contribution in [0.15, 0.2) is 36.5 Å². The maximum atomic E-state index is 5.90. The Hall–Kier alpha value is -1.76. The van der Waals surface area contributed by atoms with E-state index >= 15 is 0 Å². The lowest BCUT2D eigenvalue weighted by Crippen LogP contribution is -2.02. The first-order chi connectivity index (χ1) is 9.15. The van der Waals surface area contributed by atoms with Gasteiger partial charge in [-0.25, -0.2) is 9.97 Å². The molecule has 0 atom stereocenters. The second kappa shape index (κ2) is 4.73. The normalized spacial score (nSPS) is 10.8. The molecular weight excluding hydrogens is 351 g/mol. The van der Waals surface area contributed by atoms with E-state index in [2.05, 4.69) is 37.5 Å². The van der Waals surface area contributed by atoms with Crippen molar-refractivity contribution < 1.29 is 0 Å². The molecule has 94 valence electrons. The average molecular weight is 362 g/mol. The van der Waals surface area contributed by atoms with Crippen LogP contribution in [0.4, 0.5) is 5.82 Å². The van der Waals surface area contributed by atoms with Crippen molar-refractivity contribution in [3.63, 3.8) is 0 Å². The number of halogens is 1. The molecule has 2 N–H and O–H groups in total. The number of hydrogen-bond donors (Lipinski definition) is 1. The summed E-state index contributed by atoms with van der Waals surface area (Å²) in [6.07, 6.45) is 1.78. The van der Waals surface area contributed by atoms with Crippen molar-refractivity contribution in [3.05, 3.63) is 45.8 Å². The van der Waals surface area contributed by atoms with Crippen LogP contribution in [0.1, 0.15) is 5.69 Å². The van der Waals surface area contributed by atoms with Crippen molar-refractivity contribution >= 4 is 39.3 Å². The average Bonchev–Trinajstić information content (AvgIpc) is 2.43. The summed E-state index contributed by atoms with van der Waals surface area (Å²) < 4.78 is 0.906. The quantitative estimate of drug-likeness (QED) is 0.676. The molecule has 2 heterocycles. The van der Waals surface area contributed by atoms with Crippen molar-refractivity contribution in [2.24, 2.45) is 0 Å². The third-order valence-corrected chi connectivity index (χ3v) is 4.24. The minimum atomic E-state index is 0.523. The number of pyridine rings is 1. The van der Waals surface area contributed by atoms with Gasteiger partial charge in [-0.3, -0.25) is 4.98 Å². The molecule has 0 aliphatic heterocycles. The molecule has 1 aromatic carbocycles. The van der Waals surface area contributed by atoms with E-state index in [1.807, 2.05) is 37.3 Å². The molecule has 0 bridgehead atoms. The number of aryl methyl sites for hydroxylation is 1. The summed E-state index contributed by atoms with van der Waals surface area (Å²) in [5.74, 6) is 1.18. The van der Waals surface area contributed by atoms with Crippen molar-refractivity contribution in [1.82, 2.24) is 15.0 Å². The van der Waals surface area contributed by atoms with Gasteiger partial charge in [-0.05, 0) is 53.8 Å². The molecule has 0 fully saturated rings. The Kier molecular flexibility index (Phi) is 3.06. The number of nitrogen functional groups attached to an aromatic ring is 1. The molecule has 0 saturated carbocycles. The fraction of sp³-hybridized carbons (Fsp3) is 0.0714. The number of benzene rings is 1. The summed E-state index contributed by atoms with van der Waals surface area (Å²) in [6, 6.07) is 9.91. The second-order valence-electron chi connectivity index (χ2n) is 4.24. The standard InChI is InChI=1S/C14H11IN4/c1-8-12(15)13(16)19-14(18-8)10-4-5-11-9(7-10)3-2-6-17-11/h2-7H,1H3,(H2,16,18,19). The number of aromatic nitrogens is 3. The molecule has 19 heavy (non-hydrogen) atoms. The molecular formula is C14H11IN4. The van der Waals surface area contributed by atoms with Gasteiger partial charge in [-0.15, -0.1) is 0 Å². The van der Waals surface area contributed by atoms with E-state index in [4.69, 9.17) is 5.73 Å². The van der Waals surface area contributed by atoms with Crippen molar-refractivity contribution in [2.75, 3.05) is 5.73 Å². The first-order valence-corrected chi connectivity index (χ1v) is 6.88. The number of nitrogens with zero attached hydrogens (tertiary/aromatic N) is 3. The van der Waals surface area contributed by atoms with E-state index in [1.165, 1.54) is 0 Å². The zero-order valence-corrected chi connectivity index (χ0v) is 12.4. The molecule has 0 saturated heterocycles. The molecule has 0 unspecified atom stereocenters. The zero-order valence-electron chi connectivity index (χ0n) is 10.3. The Morgan fingerprint density at radius 2 is 2.00 bits per heavy atom. The molecule has 0 radical (unpaired) electrons. The van der Waals surface area contributed by atoms with E-state index in [1.54, 1.807) is 6.20 Å². The van der Waals surface area contributed by atoms with Crippen LogP contribution in [-0.4, -0.2) is 15.0 Å². The molecule has 3 aromatic rings. The van der Waals surface area contributed by atoms with E-state index in [0.29, 0.717) is 11.6 Å². The van der Waals surface area contributed by atoms with E-state index in [0.717, 1.165) is 25.7 Å². The molecule has 4 nitrogen and oxygen atoms in total. The fourth-order valence-corrected chi connectivity index (χ4v) is 2.17. The number of hydrogen-bond acceptors (Lipinski definition) is 4. The summed E-state index contributed by atoms with van der Waals surface area (Å²) in [7, 11) is 0. The first kappa shape index (κ1) is 12.3. The maximum absolute atomic E-state index is 5.90. The van der Waals surface area contributed by atoms with Crippen LogP contribution in [-0.2, 0) is 0 Å². The van der Waals surface area contributed by atoms with E-state index < -0.39 is 0 Å². The van der Waals surface area contributed by atoms with Gasteiger partial charge in [-0.1, -0.05) is 6.07 Å². The topological polar surface area (TPSA) is 64.7 Å². The van der Waals surface area contributed by atoms with Gasteiger partial charge >= 0.3 is 0 Å². The van der Waals surface area contributed by atoms with Crippen LogP contribution >= 0.6 is 22.6 Å². The Labute approximate surface area is 124 Å². The van der Waals surface area contributed by atoms with Crippen LogP contribution in [0.25, 0.3) is 22.3 Å². The Morgan fingerprint density at radius 1 is 1.16 bits per heavy atom. The summed E-state index contributed by atoms with van der Waals surface area (Å²) in [5, 5.41) is 1.07. The molecule has 2 aromatic heterocycles. The van der Waals surface area contributed by atoms with Gasteiger partial charge in [0.05, 0.1) is 14.8 Å². The summed E-state index contributed by atoms with van der Waals surface area (Å²) in [5.41, 5.74) is 8.71. The fourth-order valence-electron chi connectivity index (χ4n) is 1.93. The smallest absolute Gasteiger partial charge is 0.161 e. The highest BCUT2D eigenvalue weighted by Crippen LogP contribution is 2.24. The Bertz CT molecular complexity index is 747. The predicted octanol–water partition coefficient (Wildman–Crippen LogP) is 3.19. The minimum Gasteiger partial charge on any atom is -0.383 e. The maximum Gasteiger partial charge on any atom is 0.161 e. The molecule has 5 heteroatoms. The van der Waals surface area contributed by atoms with Gasteiger partial charge in [0.1, 0.15) is 5.82 Å². The molecule has 0 spiro atoms. The largest absolute Gasteiger partial charge is 0.383 e. The molecule has 0 amide bonds. The minimum absolute atomic E-state index is 0.523. The number of nitrogens with two attached hydrogens (primary N) is 1. The predicted molar refractivity (Wildman–Crippen MR) is 84.6 cm³/mol. The first-order valence-electron chi connectivity index (χ1n) is 5.80. The summed E-state index contributed by atoms with van der Waals surface area (Å²) in [4.78, 5) is 13.1. The summed E-state index contributed by atoms with van der Waals surface area (Å²) in [6.45, 7) is 1.94. The van der Waals surface area contributed by atoms with Gasteiger partial charge in [0.15, 0.2) is 5.82 Å². The van der Waals surface area contributed by atoms with Gasteiger partial charge in [0, 0.05) is 17.1 Å². The van der Waals surface area contributed by atoms with Crippen LogP contribution < -0.4 is 5.73 Å². The van der Waals surface area contributed by atoms with Crippen LogP contribution in [0, 0.1) is 10.5 Å². The van der Waals surface area contributed by atoms with Crippen LogP contribution in [0.5, 0.6) is 0 Å². The highest BCUT2D eigenvalue weighted by atomic mass is 127. The van der Waals surface area contributed by atoms with Crippen LogP contribution in [0.2, 0.25) is 0 Å². The lowest BCUT2D eigenvalue weighted by Gasteiger charge is -2.06. The Morgan fingerprint density at radius 3 is 2.79 bits per heavy atom. The van der Waals surface area contributed by atoms with Crippen molar-refractivity contribution in [1.29, 1.82) is 0 Å². The summed E-state index contributed by atoms with van der Waals surface area (Å²) >= 11 is 2.16. The highest BCUT2D eigenvalue weighted by molar-refractivity contribution is 14.1. The number of fused-ring (bicyclic) bond motifs is 1. The third-order valence-electron chi connectivity index (χ3n) is 2.90. The van der Waals surface area contributed by atoms with Gasteiger partial charge < -0.3 is 5.73 Å². The zero-order chi connectivity index (χ0) is 13.4. The molecule has 3 rings (SSSR count). The molecule has 0 aliphatic carbocycles. The van der Waals surface area contributed by atoms with E-state index in [9.17, 15) is 0 Å². The van der Waals surface area contributed by atoms with Crippen molar-refractivity contribution in [3.8, 4) is 11.4 Å². The monoisotopic (exact) mass is 362 g/mol. The van der Waals surface area contributed by atoms with Crippen LogP contribution in [0.3, 0.4) is 0 Å². The number of anilines is 1. The highest BCUT2D eigenvalue weighted by Gasteiger charge is 2.09. The van der Waals surface area contributed by atoms with Gasteiger partial charge in [0.25, 0.3) is 0 Å². The Balaban J connectivity index is 2.19. The van der Waals surface area contributed by atoms with E-state index in [-0.39, 0.29) is 0 Å². The lowest BCUT2D eigenvalue weighted by atomic mass is 10.1. The van der Waals surface area contributed by atoms with Crippen molar-refractivity contribution in [2.45, 2.75) is 6.92 Å². The second-order valence-corrected chi connectivity index (χ2v) is 5.32. The van der Waals surface area contributed by atoms with Gasteiger partial charge in [0.2, 0.25) is 0 Å². The van der Waals surface area contributed by atoms with Gasteiger partial charge in [-0.2, -0.15) is 0 Å². The molecule has 0 aliphatic rings. The SMILES string of the molecule is Cc1nc(-c2ccc3ncccc3c2)nc(N)c1I.